The topological polar surface area (TPSA) is 84.9 Å². The van der Waals surface area contributed by atoms with Gasteiger partial charge in [0, 0.05) is 39.6 Å². The molecule has 0 radical (unpaired) electrons. The summed E-state index contributed by atoms with van der Waals surface area (Å²) in [6.07, 6.45) is 1.87. The monoisotopic (exact) mass is 505 g/mol. The van der Waals surface area contributed by atoms with Gasteiger partial charge in [-0.15, -0.1) is 24.0 Å². The number of nitrogens with one attached hydrogen (secondary N) is 1. The summed E-state index contributed by atoms with van der Waals surface area (Å²) in [4.78, 5) is 17.1. The highest BCUT2D eigenvalue weighted by atomic mass is 127. The van der Waals surface area contributed by atoms with Crippen LogP contribution in [0.1, 0.15) is 11.3 Å². The summed E-state index contributed by atoms with van der Waals surface area (Å²) in [6, 6.07) is 9.41. The number of hydrogen-bond acceptors (Lipinski definition) is 3. The molecule has 2 aromatic rings. The van der Waals surface area contributed by atoms with E-state index < -0.39 is 5.91 Å². The van der Waals surface area contributed by atoms with Gasteiger partial charge in [0.2, 0.25) is 0 Å². The average Bonchev–Trinajstić information content (AvgIpc) is 2.91. The van der Waals surface area contributed by atoms with Gasteiger partial charge in [0.1, 0.15) is 5.75 Å². The number of aromatic nitrogens is 1. The molecular weight excluding hydrogens is 481 g/mol. The van der Waals surface area contributed by atoms with E-state index in [0.29, 0.717) is 23.9 Å². The fourth-order valence-corrected chi connectivity index (χ4v) is 2.78. The molecule has 1 amide bonds. The number of amides is 1. The van der Waals surface area contributed by atoms with Crippen molar-refractivity contribution >= 4 is 47.4 Å². The molecule has 0 saturated heterocycles. The van der Waals surface area contributed by atoms with Crippen LogP contribution in [0.3, 0.4) is 0 Å². The number of primary amides is 1. The lowest BCUT2D eigenvalue weighted by Crippen LogP contribution is -2.38. The number of guanidine groups is 1. The fraction of sp³-hybridized carbons (Fsp3) is 0.333. The first-order chi connectivity index (χ1) is 12.4. The Labute approximate surface area is 181 Å². The van der Waals surface area contributed by atoms with Gasteiger partial charge in [-0.1, -0.05) is 23.7 Å². The van der Waals surface area contributed by atoms with Crippen molar-refractivity contribution in [3.63, 3.8) is 0 Å². The number of benzene rings is 1. The number of nitrogens with two attached hydrogens (primary N) is 1. The zero-order valence-electron chi connectivity index (χ0n) is 15.6. The van der Waals surface area contributed by atoms with Gasteiger partial charge in [-0.3, -0.25) is 9.79 Å². The fourth-order valence-electron chi connectivity index (χ4n) is 2.51. The molecule has 0 spiro atoms. The van der Waals surface area contributed by atoms with E-state index in [2.05, 4.69) is 10.3 Å². The Morgan fingerprint density at radius 3 is 2.74 bits per heavy atom. The molecule has 0 unspecified atom stereocenters. The quantitative estimate of drug-likeness (QED) is 0.344. The lowest BCUT2D eigenvalue weighted by Gasteiger charge is -2.22. The standard InChI is InChI=1S/C18H24ClN5O2.HI/c1-21-18(24(3)11-15-8-14(19)10-23(15)2)22-9-13-5-4-6-16(7-13)26-12-17(20)25;/h4-8,10H,9,11-12H2,1-3H3,(H2,20,25)(H,21,22);1H. The van der Waals surface area contributed by atoms with E-state index in [4.69, 9.17) is 22.1 Å². The predicted octanol–water partition coefficient (Wildman–Crippen LogP) is 2.37. The first kappa shape index (κ1) is 23.1. The molecule has 2 rings (SSSR count). The van der Waals surface area contributed by atoms with Gasteiger partial charge in [-0.05, 0) is 23.8 Å². The molecule has 0 aliphatic rings. The van der Waals surface area contributed by atoms with E-state index in [1.165, 1.54) is 0 Å². The third kappa shape index (κ3) is 7.30. The summed E-state index contributed by atoms with van der Waals surface area (Å²) < 4.78 is 7.32. The van der Waals surface area contributed by atoms with Crippen LogP contribution in [0.25, 0.3) is 0 Å². The molecule has 0 bridgehead atoms. The third-order valence-corrected chi connectivity index (χ3v) is 3.98. The van der Waals surface area contributed by atoms with Crippen molar-refractivity contribution in [2.45, 2.75) is 13.1 Å². The van der Waals surface area contributed by atoms with Gasteiger partial charge >= 0.3 is 0 Å². The van der Waals surface area contributed by atoms with Crippen molar-refractivity contribution in [3.8, 4) is 5.75 Å². The summed E-state index contributed by atoms with van der Waals surface area (Å²) >= 11 is 6.04. The number of aryl methyl sites for hydroxylation is 1. The van der Waals surface area contributed by atoms with Crippen molar-refractivity contribution in [2.75, 3.05) is 20.7 Å². The summed E-state index contributed by atoms with van der Waals surface area (Å²) in [5.41, 5.74) is 7.18. The second-order valence-corrected chi connectivity index (χ2v) is 6.36. The Morgan fingerprint density at radius 2 is 2.15 bits per heavy atom. The second kappa shape index (κ2) is 11.0. The Morgan fingerprint density at radius 1 is 1.41 bits per heavy atom. The van der Waals surface area contributed by atoms with Gasteiger partial charge in [-0.25, -0.2) is 0 Å². The highest BCUT2D eigenvalue weighted by Gasteiger charge is 2.10. The number of nitrogens with zero attached hydrogens (tertiary/aromatic N) is 3. The van der Waals surface area contributed by atoms with E-state index in [-0.39, 0.29) is 30.6 Å². The van der Waals surface area contributed by atoms with Crippen molar-refractivity contribution < 1.29 is 9.53 Å². The van der Waals surface area contributed by atoms with E-state index in [1.807, 2.05) is 54.0 Å². The van der Waals surface area contributed by atoms with Gasteiger partial charge in [0.25, 0.3) is 5.91 Å². The van der Waals surface area contributed by atoms with Crippen LogP contribution in [-0.4, -0.2) is 42.0 Å². The van der Waals surface area contributed by atoms with Crippen LogP contribution in [0.5, 0.6) is 5.75 Å². The van der Waals surface area contributed by atoms with Crippen molar-refractivity contribution in [3.05, 3.63) is 52.8 Å². The molecule has 1 heterocycles. The van der Waals surface area contributed by atoms with Gasteiger partial charge in [0.05, 0.1) is 11.6 Å². The molecule has 0 fully saturated rings. The summed E-state index contributed by atoms with van der Waals surface area (Å²) in [5, 5.41) is 4.03. The lowest BCUT2D eigenvalue weighted by molar-refractivity contribution is -0.119. The highest BCUT2D eigenvalue weighted by Crippen LogP contribution is 2.15. The zero-order chi connectivity index (χ0) is 19.1. The van der Waals surface area contributed by atoms with Crippen molar-refractivity contribution in [2.24, 2.45) is 17.8 Å². The Hall–Kier alpha value is -1.94. The molecular formula is C18H25ClIN5O2. The van der Waals surface area contributed by atoms with Crippen LogP contribution in [0.15, 0.2) is 41.5 Å². The zero-order valence-corrected chi connectivity index (χ0v) is 18.7. The minimum absolute atomic E-state index is 0. The van der Waals surface area contributed by atoms with Crippen molar-refractivity contribution in [1.29, 1.82) is 0 Å². The molecule has 3 N–H and O–H groups in total. The van der Waals surface area contributed by atoms with Crippen molar-refractivity contribution in [1.82, 2.24) is 14.8 Å². The maximum atomic E-state index is 10.8. The molecule has 27 heavy (non-hydrogen) atoms. The number of aliphatic imine (C=N–C) groups is 1. The number of carbonyl (C=O) groups is 1. The normalized spacial score (nSPS) is 10.9. The minimum atomic E-state index is -0.503. The first-order valence-electron chi connectivity index (χ1n) is 8.11. The Balaban J connectivity index is 0.00000364. The Bertz CT molecular complexity index is 794. The Kier molecular flexibility index (Phi) is 9.44. The van der Waals surface area contributed by atoms with Crippen LogP contribution < -0.4 is 15.8 Å². The molecule has 148 valence electrons. The number of carbonyl (C=O) groups excluding carboxylic acids is 1. The molecule has 1 aromatic carbocycles. The first-order valence-corrected chi connectivity index (χ1v) is 8.49. The van der Waals surface area contributed by atoms with Gasteiger partial charge < -0.3 is 25.3 Å². The number of hydrogen-bond donors (Lipinski definition) is 2. The SMILES string of the molecule is CN=C(NCc1cccc(OCC(N)=O)c1)N(C)Cc1cc(Cl)cn1C.I. The largest absolute Gasteiger partial charge is 0.484 e. The highest BCUT2D eigenvalue weighted by molar-refractivity contribution is 14.0. The van der Waals surface area contributed by atoms with Crippen LogP contribution >= 0.6 is 35.6 Å². The molecule has 0 aliphatic carbocycles. The second-order valence-electron chi connectivity index (χ2n) is 5.92. The number of ether oxygens (including phenoxy) is 1. The maximum absolute atomic E-state index is 10.8. The van der Waals surface area contributed by atoms with Crippen LogP contribution in [-0.2, 0) is 24.9 Å². The van der Waals surface area contributed by atoms with Crippen LogP contribution in [0, 0.1) is 0 Å². The summed E-state index contributed by atoms with van der Waals surface area (Å²) in [7, 11) is 5.66. The summed E-state index contributed by atoms with van der Waals surface area (Å²) in [6.45, 7) is 1.10. The van der Waals surface area contributed by atoms with Crippen LogP contribution in [0.4, 0.5) is 0 Å². The van der Waals surface area contributed by atoms with Crippen LogP contribution in [0.2, 0.25) is 5.02 Å². The van der Waals surface area contributed by atoms with E-state index in [0.717, 1.165) is 17.2 Å². The lowest BCUT2D eigenvalue weighted by atomic mass is 10.2. The third-order valence-electron chi connectivity index (χ3n) is 3.78. The molecule has 0 atom stereocenters. The van der Waals surface area contributed by atoms with E-state index >= 15 is 0 Å². The van der Waals surface area contributed by atoms with E-state index in [1.54, 1.807) is 13.1 Å². The van der Waals surface area contributed by atoms with Gasteiger partial charge in [0.15, 0.2) is 12.6 Å². The molecule has 1 aromatic heterocycles. The molecule has 0 saturated carbocycles. The van der Waals surface area contributed by atoms with E-state index in [9.17, 15) is 4.79 Å². The predicted molar refractivity (Wildman–Crippen MR) is 119 cm³/mol. The number of halogens is 2. The molecule has 0 aliphatic heterocycles. The summed E-state index contributed by atoms with van der Waals surface area (Å²) in [5.74, 6) is 0.854. The molecule has 7 nitrogen and oxygen atoms in total. The number of rotatable bonds is 7. The average molecular weight is 506 g/mol. The molecule has 9 heteroatoms. The minimum Gasteiger partial charge on any atom is -0.484 e. The smallest absolute Gasteiger partial charge is 0.255 e. The maximum Gasteiger partial charge on any atom is 0.255 e. The van der Waals surface area contributed by atoms with Gasteiger partial charge in [-0.2, -0.15) is 0 Å².